The molecule has 0 saturated heterocycles. The highest BCUT2D eigenvalue weighted by Gasteiger charge is 2.53. The van der Waals surface area contributed by atoms with Gasteiger partial charge in [0.15, 0.2) is 0 Å². The fourth-order valence-corrected chi connectivity index (χ4v) is 2.59. The van der Waals surface area contributed by atoms with Crippen molar-refractivity contribution in [2.24, 2.45) is 0 Å². The predicted octanol–water partition coefficient (Wildman–Crippen LogP) is 1.94. The molecule has 0 unspecified atom stereocenters. The SMILES string of the molecule is O=C1CCc2c(O)cccc2C12CC2. The van der Waals surface area contributed by atoms with Crippen LogP contribution in [0, 0.1) is 0 Å². The maximum Gasteiger partial charge on any atom is 0.143 e. The molecule has 0 heterocycles. The van der Waals surface area contributed by atoms with Gasteiger partial charge in [0.05, 0.1) is 5.41 Å². The summed E-state index contributed by atoms with van der Waals surface area (Å²) in [6.45, 7) is 0. The van der Waals surface area contributed by atoms with Crippen molar-refractivity contribution in [2.75, 3.05) is 0 Å². The zero-order valence-electron chi connectivity index (χ0n) is 7.92. The molecule has 0 aliphatic heterocycles. The van der Waals surface area contributed by atoms with Gasteiger partial charge in [-0.05, 0) is 36.5 Å². The number of Topliss-reactive ketones (excluding diaryl/α,β-unsaturated/α-hetero) is 1. The summed E-state index contributed by atoms with van der Waals surface area (Å²) >= 11 is 0. The topological polar surface area (TPSA) is 37.3 Å². The van der Waals surface area contributed by atoms with Gasteiger partial charge in [0.2, 0.25) is 0 Å². The van der Waals surface area contributed by atoms with Gasteiger partial charge in [-0.25, -0.2) is 0 Å². The second kappa shape index (κ2) is 2.38. The number of hydrogen-bond donors (Lipinski definition) is 1. The highest BCUT2D eigenvalue weighted by atomic mass is 16.3. The van der Waals surface area contributed by atoms with E-state index in [2.05, 4.69) is 0 Å². The first-order chi connectivity index (χ1) is 6.74. The van der Waals surface area contributed by atoms with Gasteiger partial charge < -0.3 is 5.11 Å². The lowest BCUT2D eigenvalue weighted by molar-refractivity contribution is -0.121. The second-order valence-corrected chi connectivity index (χ2v) is 4.31. The molecule has 0 radical (unpaired) electrons. The number of carbonyl (C=O) groups is 1. The molecule has 0 atom stereocenters. The number of ketones is 1. The molecule has 1 spiro atoms. The Morgan fingerprint density at radius 2 is 2.00 bits per heavy atom. The molecule has 1 aromatic carbocycles. The van der Waals surface area contributed by atoms with Gasteiger partial charge in [0.1, 0.15) is 11.5 Å². The Hall–Kier alpha value is -1.31. The van der Waals surface area contributed by atoms with Crippen LogP contribution in [0.4, 0.5) is 0 Å². The molecular weight excluding hydrogens is 176 g/mol. The fourth-order valence-electron chi connectivity index (χ4n) is 2.59. The number of hydrogen-bond acceptors (Lipinski definition) is 2. The van der Waals surface area contributed by atoms with E-state index in [1.807, 2.05) is 12.1 Å². The van der Waals surface area contributed by atoms with E-state index in [1.165, 1.54) is 0 Å². The van der Waals surface area contributed by atoms with Crippen molar-refractivity contribution in [3.63, 3.8) is 0 Å². The van der Waals surface area contributed by atoms with E-state index in [0.29, 0.717) is 24.4 Å². The molecule has 2 heteroatoms. The van der Waals surface area contributed by atoms with Crippen LogP contribution in [0.3, 0.4) is 0 Å². The molecule has 1 aromatic rings. The summed E-state index contributed by atoms with van der Waals surface area (Å²) in [5, 5.41) is 9.69. The maximum absolute atomic E-state index is 11.8. The number of phenolic OH excluding ortho intramolecular Hbond substituents is 1. The monoisotopic (exact) mass is 188 g/mol. The van der Waals surface area contributed by atoms with Crippen LogP contribution in [0.25, 0.3) is 0 Å². The van der Waals surface area contributed by atoms with Crippen LogP contribution in [0.1, 0.15) is 30.4 Å². The van der Waals surface area contributed by atoms with Gasteiger partial charge in [0.25, 0.3) is 0 Å². The molecule has 0 bridgehead atoms. The van der Waals surface area contributed by atoms with E-state index in [9.17, 15) is 9.90 Å². The summed E-state index contributed by atoms with van der Waals surface area (Å²) in [5.41, 5.74) is 1.91. The van der Waals surface area contributed by atoms with Crippen LogP contribution in [0.5, 0.6) is 5.75 Å². The number of benzene rings is 1. The first-order valence-corrected chi connectivity index (χ1v) is 5.09. The molecule has 72 valence electrons. The molecule has 2 nitrogen and oxygen atoms in total. The number of aromatic hydroxyl groups is 1. The Balaban J connectivity index is 2.23. The summed E-state index contributed by atoms with van der Waals surface area (Å²) in [6, 6.07) is 5.55. The first-order valence-electron chi connectivity index (χ1n) is 5.09. The van der Waals surface area contributed by atoms with Crippen molar-refractivity contribution in [3.8, 4) is 5.75 Å². The Bertz CT molecular complexity index is 416. The van der Waals surface area contributed by atoms with Crippen LogP contribution in [0.15, 0.2) is 18.2 Å². The molecule has 14 heavy (non-hydrogen) atoms. The van der Waals surface area contributed by atoms with E-state index in [-0.39, 0.29) is 5.41 Å². The minimum absolute atomic E-state index is 0.188. The highest BCUT2D eigenvalue weighted by molar-refractivity contribution is 5.95. The fraction of sp³-hybridized carbons (Fsp3) is 0.417. The molecule has 2 aliphatic rings. The highest BCUT2D eigenvalue weighted by Crippen LogP contribution is 2.54. The van der Waals surface area contributed by atoms with Gasteiger partial charge in [-0.15, -0.1) is 0 Å². The van der Waals surface area contributed by atoms with Gasteiger partial charge in [-0.3, -0.25) is 4.79 Å². The molecule has 1 N–H and O–H groups in total. The first kappa shape index (κ1) is 8.04. The number of fused-ring (bicyclic) bond motifs is 2. The molecule has 0 amide bonds. The van der Waals surface area contributed by atoms with Crippen LogP contribution in [0.2, 0.25) is 0 Å². The Kier molecular flexibility index (Phi) is 1.37. The van der Waals surface area contributed by atoms with Crippen molar-refractivity contribution < 1.29 is 9.90 Å². The quantitative estimate of drug-likeness (QED) is 0.675. The summed E-state index contributed by atoms with van der Waals surface area (Å²) < 4.78 is 0. The van der Waals surface area contributed by atoms with Crippen molar-refractivity contribution >= 4 is 5.78 Å². The van der Waals surface area contributed by atoms with Crippen molar-refractivity contribution in [1.29, 1.82) is 0 Å². The Morgan fingerprint density at radius 1 is 1.21 bits per heavy atom. The van der Waals surface area contributed by atoms with E-state index in [0.717, 1.165) is 24.0 Å². The predicted molar refractivity (Wildman–Crippen MR) is 52.3 cm³/mol. The van der Waals surface area contributed by atoms with Gasteiger partial charge in [-0.2, -0.15) is 0 Å². The Morgan fingerprint density at radius 3 is 2.71 bits per heavy atom. The minimum atomic E-state index is -0.188. The van der Waals surface area contributed by atoms with Crippen LogP contribution < -0.4 is 0 Å². The van der Waals surface area contributed by atoms with E-state index < -0.39 is 0 Å². The largest absolute Gasteiger partial charge is 0.508 e. The molecule has 1 fully saturated rings. The lowest BCUT2D eigenvalue weighted by atomic mass is 9.79. The smallest absolute Gasteiger partial charge is 0.143 e. The third-order valence-electron chi connectivity index (χ3n) is 3.55. The third kappa shape index (κ3) is 0.834. The standard InChI is InChI=1S/C12H12O2/c13-10-3-1-2-9-8(10)4-5-11(14)12(9)6-7-12/h1-3,13H,4-7H2. The van der Waals surface area contributed by atoms with Crippen molar-refractivity contribution in [3.05, 3.63) is 29.3 Å². The maximum atomic E-state index is 11.8. The van der Waals surface area contributed by atoms with Gasteiger partial charge in [0, 0.05) is 6.42 Å². The zero-order valence-corrected chi connectivity index (χ0v) is 7.92. The zero-order chi connectivity index (χ0) is 9.76. The number of rotatable bonds is 0. The lowest BCUT2D eigenvalue weighted by Crippen LogP contribution is -2.27. The normalized spacial score (nSPS) is 22.1. The third-order valence-corrected chi connectivity index (χ3v) is 3.55. The number of phenols is 1. The van der Waals surface area contributed by atoms with E-state index >= 15 is 0 Å². The van der Waals surface area contributed by atoms with Crippen LogP contribution >= 0.6 is 0 Å². The summed E-state index contributed by atoms with van der Waals surface area (Å²) in [5.74, 6) is 0.733. The van der Waals surface area contributed by atoms with Crippen molar-refractivity contribution in [2.45, 2.75) is 31.1 Å². The van der Waals surface area contributed by atoms with Gasteiger partial charge >= 0.3 is 0 Å². The summed E-state index contributed by atoms with van der Waals surface area (Å²) in [4.78, 5) is 11.8. The molecule has 1 saturated carbocycles. The minimum Gasteiger partial charge on any atom is -0.508 e. The number of carbonyl (C=O) groups excluding carboxylic acids is 1. The van der Waals surface area contributed by atoms with Crippen molar-refractivity contribution in [1.82, 2.24) is 0 Å². The second-order valence-electron chi connectivity index (χ2n) is 4.31. The molecule has 2 aliphatic carbocycles. The Labute approximate surface area is 82.6 Å². The average molecular weight is 188 g/mol. The van der Waals surface area contributed by atoms with Crippen LogP contribution in [-0.2, 0) is 16.6 Å². The average Bonchev–Trinajstić information content (AvgIpc) is 2.94. The lowest BCUT2D eigenvalue weighted by Gasteiger charge is -2.24. The van der Waals surface area contributed by atoms with Crippen LogP contribution in [-0.4, -0.2) is 10.9 Å². The molecule has 3 rings (SSSR count). The van der Waals surface area contributed by atoms with E-state index in [1.54, 1.807) is 6.07 Å². The summed E-state index contributed by atoms with van der Waals surface area (Å²) in [7, 11) is 0. The summed E-state index contributed by atoms with van der Waals surface area (Å²) in [6.07, 6.45) is 3.26. The molecular formula is C12H12O2. The van der Waals surface area contributed by atoms with E-state index in [4.69, 9.17) is 0 Å². The molecule has 0 aromatic heterocycles. The van der Waals surface area contributed by atoms with Gasteiger partial charge in [-0.1, -0.05) is 12.1 Å².